The Labute approximate surface area is 337 Å². The molecule has 3 rings (SSSR count). The minimum atomic E-state index is -2.76. The second-order valence-corrected chi connectivity index (χ2v) is 14.4. The molecular weight excluding hydrogens is 713 g/mol. The van der Waals surface area contributed by atoms with Gasteiger partial charge >= 0.3 is 0 Å². The van der Waals surface area contributed by atoms with Crippen LogP contribution in [0.1, 0.15) is 139 Å². The van der Waals surface area contributed by atoms with Crippen LogP contribution in [-0.4, -0.2) is 30.9 Å². The number of aromatic nitrogens is 1. The van der Waals surface area contributed by atoms with Gasteiger partial charge in [-0.25, -0.2) is 8.78 Å². The number of aryl methyl sites for hydroxylation is 1. The van der Waals surface area contributed by atoms with Crippen LogP contribution in [0, 0.1) is 18.8 Å². The molecule has 306 valence electrons. The molecule has 0 saturated carbocycles. The van der Waals surface area contributed by atoms with Crippen LogP contribution >= 0.6 is 12.6 Å². The first-order valence-electron chi connectivity index (χ1n) is 19.0. The third-order valence-corrected chi connectivity index (χ3v) is 8.77. The van der Waals surface area contributed by atoms with E-state index in [1.165, 1.54) is 62.1 Å². The number of allylic oxidation sites excluding steroid dienone is 6. The monoisotopic (exact) mass is 781 g/mol. The van der Waals surface area contributed by atoms with Crippen molar-refractivity contribution in [2.24, 2.45) is 11.8 Å². The first kappa shape index (κ1) is 53.2. The van der Waals surface area contributed by atoms with Crippen LogP contribution in [-0.2, 0) is 15.5 Å². The number of rotatable bonds is 15. The average Bonchev–Trinajstić information content (AvgIpc) is 3.57. The number of thiol groups is 1. The minimum Gasteiger partial charge on any atom is -0.388 e. The molecule has 3 atom stereocenters. The Bertz CT molecular complexity index is 1570. The number of halogens is 2. The summed E-state index contributed by atoms with van der Waals surface area (Å²) in [7, 11) is 3.25. The van der Waals surface area contributed by atoms with E-state index in [4.69, 9.17) is 0 Å². The Morgan fingerprint density at radius 1 is 1.00 bits per heavy atom. The Kier molecular flexibility index (Phi) is 29.4. The fourth-order valence-corrected chi connectivity index (χ4v) is 5.35. The van der Waals surface area contributed by atoms with Crippen molar-refractivity contribution in [3.63, 3.8) is 0 Å². The number of hydrogen-bond donors (Lipinski definition) is 1. The first-order valence-corrected chi connectivity index (χ1v) is 19.4. The molecular formula is C47H69F2NO4S. The molecule has 0 N–H and O–H groups in total. The smallest absolute Gasteiger partial charge is 0.270 e. The SMILES string of the molecule is C/C=C\C(C)C/C=C(\C)C(CC(C)=O)C(C)c1ccc(S)cc1.C=C(C)c1ccc(C(C)(F)F)cc1.C=CCCCCC.CC(=O)c1conc1C.COC. The number of nitrogens with zero attached hydrogens (tertiary/aromatic N) is 1. The molecule has 0 aliphatic heterocycles. The highest BCUT2D eigenvalue weighted by Gasteiger charge is 2.24. The highest BCUT2D eigenvalue weighted by molar-refractivity contribution is 7.80. The lowest BCUT2D eigenvalue weighted by atomic mass is 9.79. The van der Waals surface area contributed by atoms with E-state index in [1.807, 2.05) is 25.1 Å². The highest BCUT2D eigenvalue weighted by atomic mass is 32.1. The van der Waals surface area contributed by atoms with Crippen LogP contribution in [0.3, 0.4) is 0 Å². The third-order valence-electron chi connectivity index (χ3n) is 8.47. The zero-order valence-corrected chi connectivity index (χ0v) is 36.6. The number of Topliss-reactive ketones (excluding diaryl/α,β-unsaturated/α-hetero) is 2. The molecule has 0 aliphatic rings. The first-order chi connectivity index (χ1) is 25.8. The van der Waals surface area contributed by atoms with E-state index in [1.54, 1.807) is 40.2 Å². The number of ketones is 2. The Balaban J connectivity index is 0. The van der Waals surface area contributed by atoms with Crippen molar-refractivity contribution in [3.8, 4) is 0 Å². The number of hydrogen-bond acceptors (Lipinski definition) is 6. The van der Waals surface area contributed by atoms with E-state index < -0.39 is 5.92 Å². The molecule has 8 heteroatoms. The summed E-state index contributed by atoms with van der Waals surface area (Å²) >= 11 is 4.35. The van der Waals surface area contributed by atoms with Gasteiger partial charge in [-0.05, 0) is 102 Å². The fourth-order valence-electron chi connectivity index (χ4n) is 5.20. The molecule has 0 bridgehead atoms. The van der Waals surface area contributed by atoms with Crippen LogP contribution in [0.25, 0.3) is 5.57 Å². The summed E-state index contributed by atoms with van der Waals surface area (Å²) in [6, 6.07) is 14.5. The van der Waals surface area contributed by atoms with Gasteiger partial charge in [0.05, 0.1) is 11.3 Å². The number of methoxy groups -OCH3 is 1. The zero-order chi connectivity index (χ0) is 42.6. The van der Waals surface area contributed by atoms with Crippen LogP contribution in [0.4, 0.5) is 8.78 Å². The lowest BCUT2D eigenvalue weighted by Crippen LogP contribution is -2.15. The van der Waals surface area contributed by atoms with Crippen molar-refractivity contribution in [2.45, 2.75) is 124 Å². The van der Waals surface area contributed by atoms with Gasteiger partial charge < -0.3 is 14.1 Å². The van der Waals surface area contributed by atoms with Gasteiger partial charge in [0.15, 0.2) is 5.78 Å². The summed E-state index contributed by atoms with van der Waals surface area (Å²) < 4.78 is 34.3. The maximum absolute atomic E-state index is 12.8. The maximum Gasteiger partial charge on any atom is 0.270 e. The number of benzene rings is 2. The number of carbonyl (C=O) groups is 2. The van der Waals surface area contributed by atoms with Crippen molar-refractivity contribution < 1.29 is 27.6 Å². The van der Waals surface area contributed by atoms with Gasteiger partial charge in [0.25, 0.3) is 5.92 Å². The van der Waals surface area contributed by atoms with Crippen molar-refractivity contribution in [2.75, 3.05) is 14.2 Å². The molecule has 3 aromatic rings. The van der Waals surface area contributed by atoms with Crippen molar-refractivity contribution in [1.82, 2.24) is 5.16 Å². The summed E-state index contributed by atoms with van der Waals surface area (Å²) in [6.07, 6.45) is 16.8. The molecule has 0 saturated heterocycles. The summed E-state index contributed by atoms with van der Waals surface area (Å²) in [5.74, 6) is -1.40. The number of alkyl halides is 2. The molecule has 1 heterocycles. The molecule has 3 unspecified atom stereocenters. The van der Waals surface area contributed by atoms with Crippen molar-refractivity contribution in [3.05, 3.63) is 126 Å². The van der Waals surface area contributed by atoms with Gasteiger partial charge in [0.2, 0.25) is 0 Å². The van der Waals surface area contributed by atoms with Gasteiger partial charge in [-0.3, -0.25) is 4.79 Å². The van der Waals surface area contributed by atoms with Crippen molar-refractivity contribution in [1.29, 1.82) is 0 Å². The largest absolute Gasteiger partial charge is 0.388 e. The molecule has 0 spiro atoms. The predicted octanol–water partition coefficient (Wildman–Crippen LogP) is 14.3. The molecule has 1 aromatic heterocycles. The topological polar surface area (TPSA) is 69.4 Å². The van der Waals surface area contributed by atoms with Crippen LogP contribution < -0.4 is 0 Å². The molecule has 0 aliphatic carbocycles. The van der Waals surface area contributed by atoms with E-state index in [0.29, 0.717) is 29.5 Å². The van der Waals surface area contributed by atoms with Gasteiger partial charge in [0.1, 0.15) is 12.0 Å². The normalized spacial score (nSPS) is 12.5. The number of unbranched alkanes of at least 4 members (excludes halogenated alkanes) is 3. The van der Waals surface area contributed by atoms with E-state index in [0.717, 1.165) is 29.4 Å². The van der Waals surface area contributed by atoms with Crippen LogP contribution in [0.15, 0.2) is 107 Å². The third kappa shape index (κ3) is 25.0. The fraction of sp³-hybridized carbons (Fsp3) is 0.468. The summed E-state index contributed by atoms with van der Waals surface area (Å²) in [6.45, 7) is 25.9. The van der Waals surface area contributed by atoms with E-state index >= 15 is 0 Å². The second kappa shape index (κ2) is 30.4. The molecule has 0 amide bonds. The van der Waals surface area contributed by atoms with Crippen LogP contribution in [0.2, 0.25) is 0 Å². The number of carbonyl (C=O) groups excluding carboxylic acids is 2. The zero-order valence-electron chi connectivity index (χ0n) is 35.7. The molecule has 0 fully saturated rings. The Hall–Kier alpha value is -3.88. The quantitative estimate of drug-likeness (QED) is 0.0720. The van der Waals surface area contributed by atoms with Gasteiger partial charge in [-0.1, -0.05) is 117 Å². The minimum absolute atomic E-state index is 0.00579. The van der Waals surface area contributed by atoms with E-state index in [-0.39, 0.29) is 23.0 Å². The standard InChI is InChI=1S/C21H30OS.C11H12F2.C7H14.C6H7NO2.C2H6O/c1-6-7-15(2)8-9-16(3)21(14-17(4)22)18(5)19-10-12-20(23)13-11-19;1-8(2)9-4-6-10(7-5-9)11(3,12)13;1-3-5-7-6-4-2;1-4-6(5(2)8)3-9-7-4;1-3-2/h6-7,9-13,15,18,21,23H,8,14H2,1-5H3;4-7H,1H2,2-3H3;3H,1,4-7H2,2H3;3H,1-2H3;1-2H3/b7-6-,16-9+;;;;. The predicted molar refractivity (Wildman–Crippen MR) is 232 cm³/mol. The lowest BCUT2D eigenvalue weighted by molar-refractivity contribution is -0.117. The summed E-state index contributed by atoms with van der Waals surface area (Å²) in [4.78, 5) is 23.3. The van der Waals surface area contributed by atoms with Crippen LogP contribution in [0.5, 0.6) is 0 Å². The van der Waals surface area contributed by atoms with E-state index in [9.17, 15) is 18.4 Å². The lowest BCUT2D eigenvalue weighted by Gasteiger charge is -2.25. The van der Waals surface area contributed by atoms with Gasteiger partial charge in [-0.15, -0.1) is 19.2 Å². The Morgan fingerprint density at radius 3 is 1.95 bits per heavy atom. The molecule has 55 heavy (non-hydrogen) atoms. The molecule has 5 nitrogen and oxygen atoms in total. The van der Waals surface area contributed by atoms with Gasteiger partial charge in [-0.2, -0.15) is 0 Å². The number of ether oxygens (including phenoxy) is 1. The van der Waals surface area contributed by atoms with E-state index in [2.05, 4.69) is 105 Å². The highest BCUT2D eigenvalue weighted by Crippen LogP contribution is 2.33. The van der Waals surface area contributed by atoms with Crippen molar-refractivity contribution >= 4 is 29.8 Å². The maximum atomic E-state index is 12.8. The summed E-state index contributed by atoms with van der Waals surface area (Å²) in [5.41, 5.74) is 5.62. The average molecular weight is 782 g/mol. The summed E-state index contributed by atoms with van der Waals surface area (Å²) in [5, 5.41) is 3.54. The molecule has 0 radical (unpaired) electrons. The Morgan fingerprint density at radius 2 is 1.56 bits per heavy atom. The molecule has 2 aromatic carbocycles. The van der Waals surface area contributed by atoms with Gasteiger partial charge in [0, 0.05) is 38.0 Å². The second-order valence-electron chi connectivity index (χ2n) is 13.9.